The highest BCUT2D eigenvalue weighted by molar-refractivity contribution is 6.31. The Balaban J connectivity index is 1.44. The molecular formula is C30H31ClN4O7. The molecule has 0 aliphatic rings. The van der Waals surface area contributed by atoms with Gasteiger partial charge >= 0.3 is 5.97 Å². The first kappa shape index (κ1) is 31.6. The predicted octanol–water partition coefficient (Wildman–Crippen LogP) is 4.72. The second-order valence-electron chi connectivity index (χ2n) is 8.85. The maximum absolute atomic E-state index is 12.3. The van der Waals surface area contributed by atoms with Gasteiger partial charge < -0.3 is 24.8 Å². The van der Waals surface area contributed by atoms with Gasteiger partial charge in [-0.05, 0) is 79.6 Å². The molecule has 0 aromatic heterocycles. The van der Waals surface area contributed by atoms with Gasteiger partial charge in [0.2, 0.25) is 11.8 Å². The Hall–Kier alpha value is -4.90. The SMILES string of the molecule is CCOC(=O)c1ccc(NC(=O)COc2ccc(C=NNC(=O)CCC(=O)Nc3ccc(C)c(Cl)c3)cc2OC)cc1. The molecule has 3 amide bonds. The van der Waals surface area contributed by atoms with Crippen molar-refractivity contribution in [2.24, 2.45) is 5.10 Å². The molecule has 0 aliphatic carbocycles. The number of halogens is 1. The lowest BCUT2D eigenvalue weighted by Crippen LogP contribution is -2.20. The number of benzene rings is 3. The maximum Gasteiger partial charge on any atom is 0.338 e. The third kappa shape index (κ3) is 9.93. The van der Waals surface area contributed by atoms with Crippen molar-refractivity contribution in [3.8, 4) is 11.5 Å². The van der Waals surface area contributed by atoms with E-state index in [1.54, 1.807) is 67.6 Å². The van der Waals surface area contributed by atoms with Gasteiger partial charge in [0.05, 0.1) is 25.5 Å². The van der Waals surface area contributed by atoms with E-state index >= 15 is 0 Å². The number of nitrogens with zero attached hydrogens (tertiary/aromatic N) is 1. The summed E-state index contributed by atoms with van der Waals surface area (Å²) < 4.78 is 15.9. The van der Waals surface area contributed by atoms with Gasteiger partial charge in [-0.2, -0.15) is 5.10 Å². The molecule has 0 fully saturated rings. The van der Waals surface area contributed by atoms with E-state index in [4.69, 9.17) is 25.8 Å². The van der Waals surface area contributed by atoms with Gasteiger partial charge in [0, 0.05) is 29.2 Å². The van der Waals surface area contributed by atoms with Crippen molar-refractivity contribution < 1.29 is 33.4 Å². The lowest BCUT2D eigenvalue weighted by atomic mass is 10.2. The number of anilines is 2. The minimum atomic E-state index is -0.438. The van der Waals surface area contributed by atoms with Gasteiger partial charge in [0.15, 0.2) is 18.1 Å². The summed E-state index contributed by atoms with van der Waals surface area (Å²) in [7, 11) is 1.45. The molecule has 0 atom stereocenters. The normalized spacial score (nSPS) is 10.6. The van der Waals surface area contributed by atoms with Crippen LogP contribution in [0.4, 0.5) is 11.4 Å². The second kappa shape index (κ2) is 15.8. The van der Waals surface area contributed by atoms with Crippen molar-refractivity contribution in [3.05, 3.63) is 82.4 Å². The van der Waals surface area contributed by atoms with Crippen LogP contribution in [0.25, 0.3) is 0 Å². The number of esters is 1. The number of hydrazone groups is 1. The van der Waals surface area contributed by atoms with Crippen molar-refractivity contribution in [2.45, 2.75) is 26.7 Å². The molecule has 3 N–H and O–H groups in total. The Labute approximate surface area is 248 Å². The third-order valence-corrected chi connectivity index (χ3v) is 6.07. The number of methoxy groups -OCH3 is 1. The van der Waals surface area contributed by atoms with E-state index < -0.39 is 17.8 Å². The monoisotopic (exact) mass is 594 g/mol. The number of hydrogen-bond donors (Lipinski definition) is 3. The summed E-state index contributed by atoms with van der Waals surface area (Å²) >= 11 is 6.06. The molecule has 3 aromatic rings. The number of rotatable bonds is 13. The zero-order chi connectivity index (χ0) is 30.5. The molecule has 0 radical (unpaired) electrons. The van der Waals surface area contributed by atoms with Crippen LogP contribution in [-0.2, 0) is 19.1 Å². The van der Waals surface area contributed by atoms with E-state index in [0.717, 1.165) is 5.56 Å². The summed E-state index contributed by atoms with van der Waals surface area (Å²) in [5.41, 5.74) is 5.30. The van der Waals surface area contributed by atoms with E-state index in [-0.39, 0.29) is 32.0 Å². The number of carbonyl (C=O) groups is 4. The van der Waals surface area contributed by atoms with Crippen LogP contribution in [0.15, 0.2) is 65.8 Å². The van der Waals surface area contributed by atoms with Crippen molar-refractivity contribution in [1.82, 2.24) is 5.43 Å². The average molecular weight is 595 g/mol. The van der Waals surface area contributed by atoms with Crippen LogP contribution in [-0.4, -0.2) is 50.2 Å². The molecule has 0 heterocycles. The zero-order valence-corrected chi connectivity index (χ0v) is 24.1. The minimum absolute atomic E-state index is 0.0286. The van der Waals surface area contributed by atoms with Gasteiger partial charge in [-0.1, -0.05) is 17.7 Å². The fourth-order valence-corrected chi connectivity index (χ4v) is 3.66. The topological polar surface area (TPSA) is 144 Å². The van der Waals surface area contributed by atoms with Crippen molar-refractivity contribution in [3.63, 3.8) is 0 Å². The quantitative estimate of drug-likeness (QED) is 0.147. The Morgan fingerprint density at radius 3 is 2.24 bits per heavy atom. The number of ether oxygens (including phenoxy) is 3. The lowest BCUT2D eigenvalue weighted by molar-refractivity contribution is -0.124. The largest absolute Gasteiger partial charge is 0.493 e. The fourth-order valence-electron chi connectivity index (χ4n) is 3.48. The number of hydrogen-bond acceptors (Lipinski definition) is 8. The number of nitrogens with one attached hydrogen (secondary N) is 3. The second-order valence-corrected chi connectivity index (χ2v) is 9.26. The number of carbonyl (C=O) groups excluding carboxylic acids is 4. The predicted molar refractivity (Wildman–Crippen MR) is 159 cm³/mol. The van der Waals surface area contributed by atoms with E-state index in [0.29, 0.717) is 39.0 Å². The van der Waals surface area contributed by atoms with Crippen molar-refractivity contribution in [2.75, 3.05) is 31.0 Å². The Bertz CT molecular complexity index is 1460. The van der Waals surface area contributed by atoms with Crippen molar-refractivity contribution in [1.29, 1.82) is 0 Å². The van der Waals surface area contributed by atoms with Gasteiger partial charge in [-0.25, -0.2) is 10.2 Å². The summed E-state index contributed by atoms with van der Waals surface area (Å²) in [6.07, 6.45) is 1.32. The van der Waals surface area contributed by atoms with Crippen LogP contribution in [0.2, 0.25) is 5.02 Å². The van der Waals surface area contributed by atoms with Crippen LogP contribution in [0.1, 0.15) is 41.3 Å². The Morgan fingerprint density at radius 2 is 1.55 bits per heavy atom. The Morgan fingerprint density at radius 1 is 0.857 bits per heavy atom. The highest BCUT2D eigenvalue weighted by atomic mass is 35.5. The molecule has 0 bridgehead atoms. The Kier molecular flexibility index (Phi) is 11.9. The number of aryl methyl sites for hydroxylation is 1. The van der Waals surface area contributed by atoms with Crippen LogP contribution in [0.3, 0.4) is 0 Å². The van der Waals surface area contributed by atoms with E-state index in [9.17, 15) is 19.2 Å². The van der Waals surface area contributed by atoms with E-state index in [1.165, 1.54) is 13.3 Å². The summed E-state index contributed by atoms with van der Waals surface area (Å²) in [4.78, 5) is 48.3. The number of amides is 3. The highest BCUT2D eigenvalue weighted by Crippen LogP contribution is 2.27. The molecule has 0 spiro atoms. The molecule has 11 nitrogen and oxygen atoms in total. The van der Waals surface area contributed by atoms with Gasteiger partial charge in [-0.15, -0.1) is 0 Å². The molecule has 42 heavy (non-hydrogen) atoms. The van der Waals surface area contributed by atoms with Crippen molar-refractivity contribution >= 4 is 52.9 Å². The maximum atomic E-state index is 12.3. The first-order valence-corrected chi connectivity index (χ1v) is 13.3. The smallest absolute Gasteiger partial charge is 0.338 e. The molecule has 3 rings (SSSR count). The lowest BCUT2D eigenvalue weighted by Gasteiger charge is -2.11. The molecule has 0 saturated carbocycles. The van der Waals surface area contributed by atoms with Crippen LogP contribution in [0.5, 0.6) is 11.5 Å². The molecule has 3 aromatic carbocycles. The molecule has 12 heteroatoms. The van der Waals surface area contributed by atoms with Gasteiger partial charge in [-0.3, -0.25) is 14.4 Å². The molecule has 0 saturated heterocycles. The van der Waals surface area contributed by atoms with Crippen LogP contribution >= 0.6 is 11.6 Å². The van der Waals surface area contributed by atoms with Crippen LogP contribution in [0, 0.1) is 6.92 Å². The van der Waals surface area contributed by atoms with E-state index in [2.05, 4.69) is 21.2 Å². The molecular weight excluding hydrogens is 564 g/mol. The summed E-state index contributed by atoms with van der Waals surface area (Å²) in [6, 6.07) is 16.4. The van der Waals surface area contributed by atoms with Crippen LogP contribution < -0.4 is 25.5 Å². The average Bonchev–Trinajstić information content (AvgIpc) is 2.97. The summed E-state index contributed by atoms with van der Waals surface area (Å²) in [5.74, 6) is -0.929. The standard InChI is InChI=1S/C30H31ClN4O7/c1-4-41-30(39)21-7-10-22(11-8-21)33-29(38)18-42-25-12-6-20(15-26(25)40-3)17-32-35-28(37)14-13-27(36)34-23-9-5-19(2)24(31)16-23/h5-12,15-17H,4,13-14,18H2,1-3H3,(H,33,38)(H,34,36)(H,35,37). The summed E-state index contributed by atoms with van der Waals surface area (Å²) in [5, 5.41) is 9.83. The highest BCUT2D eigenvalue weighted by Gasteiger charge is 2.11. The minimum Gasteiger partial charge on any atom is -0.493 e. The zero-order valence-electron chi connectivity index (χ0n) is 23.4. The summed E-state index contributed by atoms with van der Waals surface area (Å²) in [6.45, 7) is 3.57. The van der Waals surface area contributed by atoms with E-state index in [1.807, 2.05) is 6.92 Å². The van der Waals surface area contributed by atoms with Gasteiger partial charge in [0.1, 0.15) is 0 Å². The first-order chi connectivity index (χ1) is 20.2. The first-order valence-electron chi connectivity index (χ1n) is 12.9. The molecule has 0 aliphatic heterocycles. The molecule has 0 unspecified atom stereocenters. The fraction of sp³-hybridized carbons (Fsp3) is 0.233. The third-order valence-electron chi connectivity index (χ3n) is 5.66. The molecule has 220 valence electrons. The van der Waals surface area contributed by atoms with Gasteiger partial charge in [0.25, 0.3) is 5.91 Å².